The van der Waals surface area contributed by atoms with Gasteiger partial charge in [0.05, 0.1) is 17.4 Å². The van der Waals surface area contributed by atoms with E-state index in [-0.39, 0.29) is 24.7 Å². The van der Waals surface area contributed by atoms with Crippen molar-refractivity contribution in [2.75, 3.05) is 0 Å². The number of carbonyl (C=O) groups excluding carboxylic acids is 2. The van der Waals surface area contributed by atoms with Crippen molar-refractivity contribution in [1.29, 1.82) is 0 Å². The number of nitrogens with two attached hydrogens (primary N) is 1. The quantitative estimate of drug-likeness (QED) is 0.331. The third-order valence-electron chi connectivity index (χ3n) is 6.46. The van der Waals surface area contributed by atoms with Crippen LogP contribution in [0.15, 0.2) is 90.1 Å². The maximum Gasteiger partial charge on any atom is 0.248 e. The largest absolute Gasteiger partial charge is 0.366 e. The molecule has 0 spiro atoms. The van der Waals surface area contributed by atoms with Crippen LogP contribution in [0.5, 0.6) is 0 Å². The molecule has 4 aromatic rings. The fraction of sp³-hybridized carbons (Fsp3) is 0.133. The maximum absolute atomic E-state index is 14.0. The van der Waals surface area contributed by atoms with Gasteiger partial charge in [0, 0.05) is 41.9 Å². The molecule has 3 N–H and O–H groups in total. The van der Waals surface area contributed by atoms with Gasteiger partial charge < -0.3 is 11.1 Å². The van der Waals surface area contributed by atoms with Crippen molar-refractivity contribution in [1.82, 2.24) is 10.3 Å². The van der Waals surface area contributed by atoms with Crippen molar-refractivity contribution in [3.63, 3.8) is 0 Å². The Labute approximate surface area is 218 Å². The summed E-state index contributed by atoms with van der Waals surface area (Å²) in [5.41, 5.74) is 9.78. The number of hydrogen-bond acceptors (Lipinski definition) is 4. The number of amides is 2. The molecule has 0 fully saturated rings. The molecule has 0 saturated heterocycles. The topological polar surface area (TPSA) is 97.4 Å². The van der Waals surface area contributed by atoms with Crippen LogP contribution in [-0.2, 0) is 11.2 Å². The predicted octanol–water partition coefficient (Wildman–Crippen LogP) is 5.42. The minimum Gasteiger partial charge on any atom is -0.366 e. The van der Waals surface area contributed by atoms with Crippen molar-refractivity contribution in [2.45, 2.75) is 24.8 Å². The van der Waals surface area contributed by atoms with Crippen LogP contribution in [0.3, 0.4) is 0 Å². The molecule has 1 unspecified atom stereocenters. The SMILES string of the molecule is NC(=O)c1cccc(-c2cccnc2[C@H](Cc2cc(F)cc(F)c2)NC(=O)CC2C=Nc3ccccc32)c1. The molecular weight excluding hydrogens is 486 g/mol. The Morgan fingerprint density at radius 3 is 2.53 bits per heavy atom. The molecule has 6 nitrogen and oxygen atoms in total. The van der Waals surface area contributed by atoms with E-state index in [1.54, 1.807) is 42.7 Å². The highest BCUT2D eigenvalue weighted by molar-refractivity contribution is 5.94. The van der Waals surface area contributed by atoms with E-state index < -0.39 is 23.6 Å². The Morgan fingerprint density at radius 1 is 0.947 bits per heavy atom. The van der Waals surface area contributed by atoms with Gasteiger partial charge in [-0.15, -0.1) is 0 Å². The van der Waals surface area contributed by atoms with E-state index in [4.69, 9.17) is 5.73 Å². The van der Waals surface area contributed by atoms with Crippen LogP contribution in [0.1, 0.15) is 45.6 Å². The van der Waals surface area contributed by atoms with E-state index in [0.717, 1.165) is 17.3 Å². The van der Waals surface area contributed by atoms with Crippen molar-refractivity contribution in [2.24, 2.45) is 10.7 Å². The molecule has 1 aliphatic heterocycles. The van der Waals surface area contributed by atoms with E-state index in [9.17, 15) is 18.4 Å². The molecule has 0 saturated carbocycles. The first-order chi connectivity index (χ1) is 18.4. The number of halogens is 2. The van der Waals surface area contributed by atoms with Crippen LogP contribution in [0.2, 0.25) is 0 Å². The average Bonchev–Trinajstić information content (AvgIpc) is 3.30. The smallest absolute Gasteiger partial charge is 0.248 e. The first-order valence-electron chi connectivity index (χ1n) is 12.1. The molecule has 190 valence electrons. The third kappa shape index (κ3) is 5.49. The maximum atomic E-state index is 14.0. The molecule has 1 aliphatic rings. The predicted molar refractivity (Wildman–Crippen MR) is 141 cm³/mol. The molecule has 0 bridgehead atoms. The number of hydrogen-bond donors (Lipinski definition) is 2. The molecule has 2 amide bonds. The zero-order valence-electron chi connectivity index (χ0n) is 20.3. The first-order valence-corrected chi connectivity index (χ1v) is 12.1. The summed E-state index contributed by atoms with van der Waals surface area (Å²) in [5.74, 6) is -2.44. The summed E-state index contributed by atoms with van der Waals surface area (Å²) >= 11 is 0. The number of primary amides is 1. The monoisotopic (exact) mass is 510 g/mol. The summed E-state index contributed by atoms with van der Waals surface area (Å²) in [6.07, 6.45) is 3.58. The second-order valence-electron chi connectivity index (χ2n) is 9.13. The van der Waals surface area contributed by atoms with Crippen molar-refractivity contribution in [3.8, 4) is 11.1 Å². The van der Waals surface area contributed by atoms with Crippen LogP contribution in [-0.4, -0.2) is 23.0 Å². The highest BCUT2D eigenvalue weighted by atomic mass is 19.1. The summed E-state index contributed by atoms with van der Waals surface area (Å²) in [4.78, 5) is 34.0. The molecule has 8 heteroatoms. The van der Waals surface area contributed by atoms with Gasteiger partial charge in [0.15, 0.2) is 0 Å². The minimum absolute atomic E-state index is 0.0925. The Morgan fingerprint density at radius 2 is 1.74 bits per heavy atom. The van der Waals surface area contributed by atoms with Gasteiger partial charge in [0.1, 0.15) is 11.6 Å². The average molecular weight is 511 g/mol. The number of para-hydroxylation sites is 1. The molecule has 1 aromatic heterocycles. The molecule has 3 aromatic carbocycles. The highest BCUT2D eigenvalue weighted by Crippen LogP contribution is 2.34. The van der Waals surface area contributed by atoms with E-state index >= 15 is 0 Å². The van der Waals surface area contributed by atoms with Crippen LogP contribution in [0.25, 0.3) is 11.1 Å². The molecule has 2 atom stereocenters. The molecule has 38 heavy (non-hydrogen) atoms. The molecular formula is C30H24F2N4O2. The lowest BCUT2D eigenvalue weighted by Crippen LogP contribution is -2.32. The number of fused-ring (bicyclic) bond motifs is 1. The highest BCUT2D eigenvalue weighted by Gasteiger charge is 2.25. The fourth-order valence-electron chi connectivity index (χ4n) is 4.74. The van der Waals surface area contributed by atoms with Crippen LogP contribution >= 0.6 is 0 Å². The van der Waals surface area contributed by atoms with E-state index in [0.29, 0.717) is 27.9 Å². The zero-order valence-corrected chi connectivity index (χ0v) is 20.3. The summed E-state index contributed by atoms with van der Waals surface area (Å²) in [5, 5.41) is 3.03. The second-order valence-corrected chi connectivity index (χ2v) is 9.13. The normalized spacial score (nSPS) is 14.6. The van der Waals surface area contributed by atoms with Crippen molar-refractivity contribution in [3.05, 3.63) is 119 Å². The number of carbonyl (C=O) groups is 2. The van der Waals surface area contributed by atoms with Crippen molar-refractivity contribution >= 4 is 23.7 Å². The Kier molecular flexibility index (Phi) is 7.04. The summed E-state index contributed by atoms with van der Waals surface area (Å²) in [6.45, 7) is 0. The Hall–Kier alpha value is -4.72. The lowest BCUT2D eigenvalue weighted by molar-refractivity contribution is -0.121. The second kappa shape index (κ2) is 10.7. The zero-order chi connectivity index (χ0) is 26.6. The first kappa shape index (κ1) is 25.0. The lowest BCUT2D eigenvalue weighted by atomic mass is 9.93. The standard InChI is InChI=1S/C30H24F2N4O2/c31-22-11-18(12-23(32)16-22)13-27(36-28(37)15-21-17-35-26-9-2-1-7-24(21)26)29-25(8-4-10-34-29)19-5-3-6-20(14-19)30(33)38/h1-12,14,16-17,21,27H,13,15H2,(H2,33,38)(H,36,37)/t21?,27-/m0/s1. The summed E-state index contributed by atoms with van der Waals surface area (Å²) in [6, 6.07) is 20.5. The van der Waals surface area contributed by atoms with Gasteiger partial charge in [0.25, 0.3) is 0 Å². The van der Waals surface area contributed by atoms with E-state index in [2.05, 4.69) is 15.3 Å². The van der Waals surface area contributed by atoms with Gasteiger partial charge in [-0.25, -0.2) is 8.78 Å². The number of benzene rings is 3. The number of aromatic nitrogens is 1. The molecule has 0 aliphatic carbocycles. The Balaban J connectivity index is 1.49. The van der Waals surface area contributed by atoms with Crippen molar-refractivity contribution < 1.29 is 18.4 Å². The van der Waals surface area contributed by atoms with Crippen LogP contribution in [0.4, 0.5) is 14.5 Å². The summed E-state index contributed by atoms with van der Waals surface area (Å²) < 4.78 is 28.0. The van der Waals surface area contributed by atoms with Gasteiger partial charge in [0.2, 0.25) is 11.8 Å². The third-order valence-corrected chi connectivity index (χ3v) is 6.46. The Bertz CT molecular complexity index is 1530. The van der Waals surface area contributed by atoms with Gasteiger partial charge in [-0.3, -0.25) is 19.6 Å². The number of pyridine rings is 1. The molecule has 2 heterocycles. The number of nitrogens with zero attached hydrogens (tertiary/aromatic N) is 2. The van der Waals surface area contributed by atoms with Gasteiger partial charge in [-0.2, -0.15) is 0 Å². The van der Waals surface area contributed by atoms with Gasteiger partial charge in [-0.05, 0) is 59.5 Å². The molecule has 5 rings (SSSR count). The van der Waals surface area contributed by atoms with Crippen LogP contribution < -0.4 is 11.1 Å². The number of aliphatic imine (C=N–C) groups is 1. The van der Waals surface area contributed by atoms with Crippen LogP contribution in [0, 0.1) is 11.6 Å². The minimum atomic E-state index is -0.717. The number of rotatable bonds is 8. The van der Waals surface area contributed by atoms with E-state index in [1.165, 1.54) is 12.1 Å². The lowest BCUT2D eigenvalue weighted by Gasteiger charge is -2.22. The summed E-state index contributed by atoms with van der Waals surface area (Å²) in [7, 11) is 0. The van der Waals surface area contributed by atoms with Gasteiger partial charge in [-0.1, -0.05) is 36.4 Å². The van der Waals surface area contributed by atoms with E-state index in [1.807, 2.05) is 30.3 Å². The van der Waals surface area contributed by atoms with Gasteiger partial charge >= 0.3 is 0 Å². The molecule has 0 radical (unpaired) electrons. The fourth-order valence-corrected chi connectivity index (χ4v) is 4.74. The number of nitrogens with one attached hydrogen (secondary N) is 1.